The Morgan fingerprint density at radius 1 is 0.910 bits per heavy atom. The van der Waals surface area contributed by atoms with E-state index in [-0.39, 0.29) is 79.2 Å². The van der Waals surface area contributed by atoms with E-state index in [4.69, 9.17) is 37.9 Å². The molecule has 0 radical (unpaired) electrons. The van der Waals surface area contributed by atoms with Crippen LogP contribution in [0.15, 0.2) is 41.5 Å². The van der Waals surface area contributed by atoms with E-state index < -0.39 is 124 Å². The molecular formula is C49H77NO17. The molecule has 1 aromatic rings. The van der Waals surface area contributed by atoms with E-state index in [0.29, 0.717) is 0 Å². The van der Waals surface area contributed by atoms with Crippen molar-refractivity contribution in [3.8, 4) is 0 Å². The topological polar surface area (TPSA) is 246 Å². The summed E-state index contributed by atoms with van der Waals surface area (Å²) in [6.45, 7) is 16.2. The maximum absolute atomic E-state index is 15.6. The molecule has 2 heterocycles. The van der Waals surface area contributed by atoms with E-state index >= 15 is 4.79 Å². The first-order valence-electron chi connectivity index (χ1n) is 20.7. The number of Topliss-reactive ketones (excluding diaryl/α,β-unsaturated/α-hetero) is 1. The highest BCUT2D eigenvalue weighted by Gasteiger charge is 2.83. The molecule has 1 amide bonds. The lowest BCUT2D eigenvalue weighted by atomic mass is 9.44. The summed E-state index contributed by atoms with van der Waals surface area (Å²) < 4.78 is 48.1. The number of amides is 1. The third-order valence-electron chi connectivity index (χ3n) is 12.9. The first-order chi connectivity index (χ1) is 28.7. The molecule has 3 N–H and O–H groups in total. The van der Waals surface area contributed by atoms with Crippen molar-refractivity contribution in [3.63, 3.8) is 0 Å². The summed E-state index contributed by atoms with van der Waals surface area (Å²) in [5.41, 5.74) is -8.99. The number of fused-ring (bicyclic) bond motifs is 4. The predicted octanol–water partition coefficient (Wildman–Crippen LogP) is 6.84. The molecule has 4 fully saturated rings. The number of carbonyl (C=O) groups excluding carboxylic acids is 7. The van der Waals surface area contributed by atoms with Gasteiger partial charge in [-0.3, -0.25) is 14.4 Å². The summed E-state index contributed by atoms with van der Waals surface area (Å²) in [7, 11) is 0. The number of rotatable bonds is 10. The van der Waals surface area contributed by atoms with E-state index in [2.05, 4.69) is 5.32 Å². The molecule has 12 atom stereocenters. The molecule has 18 nitrogen and oxygen atoms in total. The van der Waals surface area contributed by atoms with Crippen molar-refractivity contribution in [2.75, 3.05) is 6.61 Å². The number of aliphatic hydroxyl groups is 2. The fraction of sp³-hybridized carbons (Fsp3) is 0.694. The van der Waals surface area contributed by atoms with Crippen molar-refractivity contribution in [2.24, 2.45) is 22.7 Å². The second kappa shape index (κ2) is 21.1. The van der Waals surface area contributed by atoms with Crippen LogP contribution in [0, 0.1) is 22.7 Å². The Balaban J connectivity index is 0.00000449. The Morgan fingerprint density at radius 3 is 2.01 bits per heavy atom. The average molecular weight is 952 g/mol. The molecule has 67 heavy (non-hydrogen) atoms. The molecule has 2 saturated heterocycles. The van der Waals surface area contributed by atoms with E-state index in [1.807, 2.05) is 0 Å². The minimum absolute atomic E-state index is 0. The van der Waals surface area contributed by atoms with Gasteiger partial charge in [-0.1, -0.05) is 83.0 Å². The molecule has 18 heteroatoms. The van der Waals surface area contributed by atoms with E-state index in [9.17, 15) is 39.0 Å². The largest absolute Gasteiger partial charge is 0.509 e. The van der Waals surface area contributed by atoms with Gasteiger partial charge in [0.1, 0.15) is 11.7 Å². The van der Waals surface area contributed by atoms with Crippen molar-refractivity contribution in [1.82, 2.24) is 5.32 Å². The Bertz CT molecular complexity index is 2040. The lowest BCUT2D eigenvalue weighted by Crippen LogP contribution is -2.83. The lowest BCUT2D eigenvalue weighted by Gasteiger charge is -2.67. The first kappa shape index (κ1) is 59.9. The molecule has 1 spiro atoms. The maximum atomic E-state index is 15.6. The highest BCUT2D eigenvalue weighted by molar-refractivity contribution is 5.96. The second-order valence-electron chi connectivity index (χ2n) is 19.0. The summed E-state index contributed by atoms with van der Waals surface area (Å²) >= 11 is 0. The van der Waals surface area contributed by atoms with Gasteiger partial charge in [-0.15, -0.1) is 0 Å². The van der Waals surface area contributed by atoms with Crippen LogP contribution in [0.5, 0.6) is 0 Å². The van der Waals surface area contributed by atoms with Gasteiger partial charge in [0.25, 0.3) is 0 Å². The van der Waals surface area contributed by atoms with Crippen molar-refractivity contribution in [2.45, 2.75) is 192 Å². The van der Waals surface area contributed by atoms with Gasteiger partial charge >= 0.3 is 36.1 Å². The molecule has 2 aliphatic heterocycles. The number of hydrogen-bond donors (Lipinski definition) is 3. The zero-order valence-electron chi connectivity index (χ0n) is 36.8. The maximum Gasteiger partial charge on any atom is 0.509 e. The third-order valence-corrected chi connectivity index (χ3v) is 12.9. The van der Waals surface area contributed by atoms with Crippen LogP contribution < -0.4 is 5.32 Å². The molecule has 380 valence electrons. The zero-order valence-corrected chi connectivity index (χ0v) is 36.8. The van der Waals surface area contributed by atoms with Gasteiger partial charge in [-0.05, 0) is 70.2 Å². The summed E-state index contributed by atoms with van der Waals surface area (Å²) in [6.07, 6.45) is -14.5. The average Bonchev–Trinajstić information content (AvgIpc) is 3.52. The molecule has 2 bridgehead atoms. The number of ketones is 1. The summed E-state index contributed by atoms with van der Waals surface area (Å²) in [6, 6.07) is 6.47. The zero-order chi connectivity index (χ0) is 46.1. The Morgan fingerprint density at radius 2 is 1.51 bits per heavy atom. The number of carbonyl (C=O) groups is 7. The molecule has 5 aliphatic rings. The minimum Gasteiger partial charge on any atom is -0.454 e. The van der Waals surface area contributed by atoms with Crippen molar-refractivity contribution in [1.29, 1.82) is 0 Å². The molecule has 1 aromatic carbocycles. The molecule has 6 rings (SSSR count). The van der Waals surface area contributed by atoms with Gasteiger partial charge in [0.05, 0.1) is 35.6 Å². The number of hydrogen-bond acceptors (Lipinski definition) is 17. The van der Waals surface area contributed by atoms with Gasteiger partial charge < -0.3 is 53.4 Å². The smallest absolute Gasteiger partial charge is 0.454 e. The quantitative estimate of drug-likeness (QED) is 0.123. The van der Waals surface area contributed by atoms with E-state index in [1.54, 1.807) is 66.7 Å². The Kier molecular flexibility index (Phi) is 18.8. The van der Waals surface area contributed by atoms with Crippen LogP contribution in [0.25, 0.3) is 0 Å². The van der Waals surface area contributed by atoms with Crippen LogP contribution >= 0.6 is 0 Å². The van der Waals surface area contributed by atoms with Gasteiger partial charge in [-0.2, -0.15) is 0 Å². The SMILES string of the molecule is C.C.C.C.C.CC(=O)O[C@H]1C(=O)[C@@]2(C)[C@H]([C@H](OC(=O)c3ccccc3)[C@]34OC(=O)O[C@H]3[C@H](OC(=O)[C@H](O)[C@H](CC(C)C)NC(=O)OC(C)(C)C)C(C)=C1C4(C)C)[C@]1(OC(C)=O)CO[C@@H]1C[C@@H]2O. The lowest BCUT2D eigenvalue weighted by molar-refractivity contribution is -0.345. The predicted molar refractivity (Wildman–Crippen MR) is 245 cm³/mol. The van der Waals surface area contributed by atoms with Crippen LogP contribution in [0.3, 0.4) is 0 Å². The monoisotopic (exact) mass is 952 g/mol. The van der Waals surface area contributed by atoms with Gasteiger partial charge in [-0.25, -0.2) is 19.2 Å². The highest BCUT2D eigenvalue weighted by atomic mass is 16.8. The summed E-state index contributed by atoms with van der Waals surface area (Å²) in [5, 5.41) is 26.3. The fourth-order valence-corrected chi connectivity index (χ4v) is 10.4. The number of alkyl carbamates (subject to hydrolysis) is 1. The molecule has 3 aliphatic carbocycles. The van der Waals surface area contributed by atoms with Crippen LogP contribution in [0.2, 0.25) is 0 Å². The van der Waals surface area contributed by atoms with Crippen molar-refractivity contribution < 1.29 is 81.7 Å². The van der Waals surface area contributed by atoms with E-state index in [1.165, 1.54) is 26.0 Å². The first-order valence-corrected chi connectivity index (χ1v) is 20.7. The summed E-state index contributed by atoms with van der Waals surface area (Å²) in [5.74, 6) is -6.73. The standard InChI is InChI=1S/C44H57NO17.5CH4/c1-20(2)17-25(45-38(53)61-40(6,7)8)29(49)37(52)57-30-21(3)28-31(56-22(4)46)33(50)42(11)26(48)18-27-43(19-55-27,60-23(5)47)32(42)35(58-36(51)24-15-13-12-14-16-24)44(41(28,9)10)34(30)59-39(54)62-44;;;;;/h12-16,20,25-27,29-32,34-35,48-49H,17-19H2,1-11H3,(H,45,53);5*1H4/t25-,26-,27+,29+,30+,31+,32-,34-,35-,42+,43-,44+;;;;;/m0...../s1. The number of nitrogens with one attached hydrogen (secondary N) is 1. The van der Waals surface area contributed by atoms with E-state index in [0.717, 1.165) is 13.8 Å². The minimum atomic E-state index is -2.36. The number of esters is 4. The number of ether oxygens (including phenoxy) is 8. The van der Waals surface area contributed by atoms with Crippen LogP contribution in [0.1, 0.15) is 136 Å². The Hall–Kier alpha value is -5.07. The second-order valence-corrected chi connectivity index (χ2v) is 19.0. The third kappa shape index (κ3) is 10.1. The Labute approximate surface area is 396 Å². The number of aliphatic hydroxyl groups excluding tert-OH is 2. The molecule has 2 saturated carbocycles. The van der Waals surface area contributed by atoms with Crippen molar-refractivity contribution >= 4 is 41.9 Å². The van der Waals surface area contributed by atoms with Gasteiger partial charge in [0.15, 0.2) is 41.9 Å². The summed E-state index contributed by atoms with van der Waals surface area (Å²) in [4.78, 5) is 97.3. The van der Waals surface area contributed by atoms with Crippen LogP contribution in [-0.4, -0.2) is 124 Å². The number of benzene rings is 1. The normalized spacial score (nSPS) is 31.6. The van der Waals surface area contributed by atoms with Crippen molar-refractivity contribution in [3.05, 3.63) is 47.0 Å². The molecule has 0 unspecified atom stereocenters. The molecule has 0 aromatic heterocycles. The molecular weight excluding hydrogens is 875 g/mol. The fourth-order valence-electron chi connectivity index (χ4n) is 10.4. The van der Waals surface area contributed by atoms with Crippen LogP contribution in [-0.2, 0) is 57.1 Å². The van der Waals surface area contributed by atoms with Gasteiger partial charge in [0.2, 0.25) is 5.60 Å². The van der Waals surface area contributed by atoms with Crippen LogP contribution in [0.4, 0.5) is 9.59 Å². The van der Waals surface area contributed by atoms with Gasteiger partial charge in [0, 0.05) is 25.7 Å². The highest BCUT2D eigenvalue weighted by Crippen LogP contribution is 2.67.